The van der Waals surface area contributed by atoms with Gasteiger partial charge in [0.2, 0.25) is 6.33 Å². The van der Waals surface area contributed by atoms with Gasteiger partial charge in [0.1, 0.15) is 23.9 Å². The van der Waals surface area contributed by atoms with Crippen molar-refractivity contribution in [3.63, 3.8) is 0 Å². The van der Waals surface area contributed by atoms with Gasteiger partial charge in [0, 0.05) is 18.5 Å². The molecule has 2 N–H and O–H groups in total. The van der Waals surface area contributed by atoms with E-state index in [9.17, 15) is 14.7 Å². The van der Waals surface area contributed by atoms with E-state index in [2.05, 4.69) is 4.98 Å². The van der Waals surface area contributed by atoms with Crippen LogP contribution in [0, 0.1) is 0 Å². The number of halogens is 2. The Hall–Kier alpha value is -3.29. The lowest BCUT2D eigenvalue weighted by Gasteiger charge is -2.25. The van der Waals surface area contributed by atoms with Crippen LogP contribution in [0.15, 0.2) is 66.8 Å². The van der Waals surface area contributed by atoms with E-state index in [-0.39, 0.29) is 11.3 Å². The summed E-state index contributed by atoms with van der Waals surface area (Å²) in [5.41, 5.74) is 1.03. The summed E-state index contributed by atoms with van der Waals surface area (Å²) in [6, 6.07) is 11.0. The van der Waals surface area contributed by atoms with E-state index in [1.807, 2.05) is 24.0 Å². The number of likely N-dealkylation sites (tertiary alicyclic amines) is 1. The summed E-state index contributed by atoms with van der Waals surface area (Å²) in [5, 5.41) is 11.9. The van der Waals surface area contributed by atoms with E-state index in [1.54, 1.807) is 48.7 Å². The van der Waals surface area contributed by atoms with Crippen LogP contribution in [0.3, 0.4) is 0 Å². The van der Waals surface area contributed by atoms with Gasteiger partial charge >= 0.3 is 0 Å². The van der Waals surface area contributed by atoms with E-state index in [0.717, 1.165) is 6.42 Å². The van der Waals surface area contributed by atoms with Crippen molar-refractivity contribution in [2.24, 2.45) is 0 Å². The van der Waals surface area contributed by atoms with Crippen molar-refractivity contribution < 1.29 is 24.0 Å². The van der Waals surface area contributed by atoms with Crippen molar-refractivity contribution >= 4 is 40.7 Å². The highest BCUT2D eigenvalue weighted by molar-refractivity contribution is 6.46. The van der Waals surface area contributed by atoms with Gasteiger partial charge in [0.25, 0.3) is 11.7 Å². The number of ketones is 1. The molecule has 7 nitrogen and oxygen atoms in total. The van der Waals surface area contributed by atoms with Crippen molar-refractivity contribution in [3.05, 3.63) is 87.9 Å². The molecule has 182 valence electrons. The van der Waals surface area contributed by atoms with E-state index in [4.69, 9.17) is 27.9 Å². The van der Waals surface area contributed by atoms with Gasteiger partial charge in [-0.05, 0) is 48.4 Å². The molecule has 3 aromatic rings. The second kappa shape index (κ2) is 11.0. The number of imidazole rings is 1. The minimum Gasteiger partial charge on any atom is -0.507 e. The summed E-state index contributed by atoms with van der Waals surface area (Å²) >= 11 is 12.4. The van der Waals surface area contributed by atoms with Gasteiger partial charge in [-0.2, -0.15) is 0 Å². The van der Waals surface area contributed by atoms with Crippen LogP contribution in [-0.2, 0) is 16.1 Å². The predicted molar refractivity (Wildman–Crippen MR) is 133 cm³/mol. The van der Waals surface area contributed by atoms with E-state index in [0.29, 0.717) is 53.0 Å². The number of hydrogen-bond donors (Lipinski definition) is 2. The molecule has 0 aliphatic carbocycles. The van der Waals surface area contributed by atoms with Gasteiger partial charge in [-0.25, -0.2) is 4.57 Å². The molecule has 2 heterocycles. The maximum absolute atomic E-state index is 13.2. The molecule has 0 saturated carbocycles. The number of carbonyl (C=O) groups excluding carboxylic acids is 2. The first kappa shape index (κ1) is 24.8. The fourth-order valence-corrected chi connectivity index (χ4v) is 4.41. The summed E-state index contributed by atoms with van der Waals surface area (Å²) in [6.45, 7) is 3.56. The highest BCUT2D eigenvalue weighted by Crippen LogP contribution is 2.41. The Kier molecular flexibility index (Phi) is 7.78. The second-order valence-corrected chi connectivity index (χ2v) is 9.06. The number of ether oxygens (including phenoxy) is 1. The molecule has 1 aromatic heterocycles. The van der Waals surface area contributed by atoms with Crippen LogP contribution in [0.4, 0.5) is 0 Å². The number of aliphatic hydroxyl groups excluding tert-OH is 1. The maximum atomic E-state index is 13.2. The number of benzene rings is 2. The number of aliphatic hydroxyl groups is 1. The van der Waals surface area contributed by atoms with Gasteiger partial charge in [-0.3, -0.25) is 14.6 Å². The summed E-state index contributed by atoms with van der Waals surface area (Å²) in [4.78, 5) is 30.7. The first-order chi connectivity index (χ1) is 16.9. The lowest BCUT2D eigenvalue weighted by Crippen LogP contribution is -2.36. The molecule has 0 radical (unpaired) electrons. The van der Waals surface area contributed by atoms with Crippen LogP contribution in [0.25, 0.3) is 5.76 Å². The van der Waals surface area contributed by atoms with E-state index < -0.39 is 17.7 Å². The summed E-state index contributed by atoms with van der Waals surface area (Å²) in [6.07, 6.45) is 6.99. The van der Waals surface area contributed by atoms with Gasteiger partial charge in [-0.15, -0.1) is 0 Å². The van der Waals surface area contributed by atoms with Crippen LogP contribution in [-0.4, -0.2) is 39.8 Å². The second-order valence-electron chi connectivity index (χ2n) is 8.24. The maximum Gasteiger partial charge on any atom is 0.295 e. The number of carbonyl (C=O) groups is 2. The average Bonchev–Trinajstić information content (AvgIpc) is 3.47. The summed E-state index contributed by atoms with van der Waals surface area (Å²) in [7, 11) is 0. The van der Waals surface area contributed by atoms with Crippen LogP contribution in [0.2, 0.25) is 10.0 Å². The molecule has 35 heavy (non-hydrogen) atoms. The Morgan fingerprint density at radius 2 is 1.91 bits per heavy atom. The number of H-pyrrole nitrogens is 1. The molecule has 1 unspecified atom stereocenters. The first-order valence-corrected chi connectivity index (χ1v) is 12.1. The Bertz CT molecular complexity index is 1240. The van der Waals surface area contributed by atoms with Crippen LogP contribution < -0.4 is 9.30 Å². The monoisotopic (exact) mass is 514 g/mol. The number of aromatic amines is 1. The zero-order valence-electron chi connectivity index (χ0n) is 19.2. The molecule has 0 spiro atoms. The molecule has 9 heteroatoms. The van der Waals surface area contributed by atoms with Crippen LogP contribution >= 0.6 is 23.2 Å². The molecule has 0 bridgehead atoms. The third-order valence-corrected chi connectivity index (χ3v) is 6.56. The number of hydrogen-bond acceptors (Lipinski definition) is 4. The van der Waals surface area contributed by atoms with Gasteiger partial charge in [0.15, 0.2) is 0 Å². The van der Waals surface area contributed by atoms with Gasteiger partial charge < -0.3 is 14.7 Å². The van der Waals surface area contributed by atoms with Crippen molar-refractivity contribution in [1.29, 1.82) is 0 Å². The largest absolute Gasteiger partial charge is 0.507 e. The molecule has 1 amide bonds. The Balaban J connectivity index is 1.70. The molecule has 1 aliphatic rings. The van der Waals surface area contributed by atoms with Crippen molar-refractivity contribution in [1.82, 2.24) is 9.88 Å². The van der Waals surface area contributed by atoms with Gasteiger partial charge in [0.05, 0.1) is 34.8 Å². The fraction of sp³-hybridized carbons (Fsp3) is 0.269. The number of nitrogens with zero attached hydrogens (tertiary/aromatic N) is 2. The topological polar surface area (TPSA) is 86.5 Å². The quantitative estimate of drug-likeness (QED) is 0.184. The highest BCUT2D eigenvalue weighted by atomic mass is 35.5. The lowest BCUT2D eigenvalue weighted by atomic mass is 9.95. The van der Waals surface area contributed by atoms with Crippen LogP contribution in [0.1, 0.15) is 36.9 Å². The summed E-state index contributed by atoms with van der Waals surface area (Å²) < 4.78 is 7.55. The number of aromatic nitrogens is 2. The molecule has 1 saturated heterocycles. The minimum atomic E-state index is -0.794. The smallest absolute Gasteiger partial charge is 0.295 e. The molecule has 1 fully saturated rings. The van der Waals surface area contributed by atoms with Gasteiger partial charge in [-0.1, -0.05) is 36.2 Å². The Labute approximate surface area is 213 Å². The Morgan fingerprint density at radius 1 is 1.14 bits per heavy atom. The number of amides is 1. The van der Waals surface area contributed by atoms with Crippen molar-refractivity contribution in [2.45, 2.75) is 32.4 Å². The minimum absolute atomic E-state index is 0.0184. The fourth-order valence-electron chi connectivity index (χ4n) is 4.11. The number of rotatable bonds is 9. The highest BCUT2D eigenvalue weighted by Gasteiger charge is 2.46. The molecule has 4 rings (SSSR count). The predicted octanol–water partition coefficient (Wildman–Crippen LogP) is 4.91. The van der Waals surface area contributed by atoms with Crippen molar-refractivity contribution in [3.8, 4) is 5.75 Å². The molecule has 1 aliphatic heterocycles. The molecule has 2 aromatic carbocycles. The van der Waals surface area contributed by atoms with Crippen LogP contribution in [0.5, 0.6) is 5.75 Å². The van der Waals surface area contributed by atoms with E-state index >= 15 is 0 Å². The third-order valence-electron chi connectivity index (χ3n) is 5.82. The zero-order valence-corrected chi connectivity index (χ0v) is 20.7. The molecular formula is C26H26Cl2N3O4+. The molecular weight excluding hydrogens is 489 g/mol. The normalized spacial score (nSPS) is 17.2. The lowest BCUT2D eigenvalue weighted by molar-refractivity contribution is -0.695. The number of aryl methyl sites for hydroxylation is 1. The third kappa shape index (κ3) is 5.36. The zero-order chi connectivity index (χ0) is 24.9. The Morgan fingerprint density at radius 3 is 2.57 bits per heavy atom. The molecule has 1 atom stereocenters. The number of Topliss-reactive ketones (excluding diaryl/α,β-unsaturated/α-hetero) is 1. The standard InChI is InChI=1S/C26H25Cl2N3O4/c1-2-14-35-19-7-4-17(5-8-19)24(32)22-23(18-6-9-20(27)21(28)15-18)31(26(34)25(22)33)12-3-11-30-13-10-29-16-30/h4-10,13,15-16,23H,2-3,11-12,14H2,1H3,(H,32,33)/p+1. The van der Waals surface area contributed by atoms with Crippen molar-refractivity contribution in [2.75, 3.05) is 13.2 Å². The SMILES string of the molecule is CCCOc1ccc(/C(O)=C2\C(=O)C(=O)N(CCC[n+]3cc[nH]c3)C2c2ccc(Cl)c(Cl)c2)cc1. The van der Waals surface area contributed by atoms with E-state index in [1.165, 1.54) is 4.90 Å². The number of nitrogens with one attached hydrogen (secondary N) is 1. The average molecular weight is 515 g/mol. The summed E-state index contributed by atoms with van der Waals surface area (Å²) in [5.74, 6) is -0.986. The first-order valence-electron chi connectivity index (χ1n) is 11.4.